The Bertz CT molecular complexity index is 204. The lowest BCUT2D eigenvalue weighted by Crippen LogP contribution is -2.33. The first-order valence-corrected chi connectivity index (χ1v) is 6.04. The Morgan fingerprint density at radius 3 is 2.18 bits per heavy atom. The van der Waals surface area contributed by atoms with Gasteiger partial charge in [0.05, 0.1) is 0 Å². The van der Waals surface area contributed by atoms with E-state index in [1.807, 2.05) is 4.90 Å². The smallest absolute Gasteiger partial charge is 0.160 e. The first-order valence-electron chi connectivity index (χ1n) is 3.98. The molecule has 0 aromatic rings. The molecule has 1 heterocycles. The molecule has 0 radical (unpaired) electrons. The van der Waals surface area contributed by atoms with Crippen LogP contribution in [0.5, 0.6) is 0 Å². The number of likely N-dealkylation sites (tertiary alicyclic amines) is 1. The molecule has 0 N–H and O–H groups in total. The maximum Gasteiger partial charge on any atom is 0.160 e. The highest BCUT2D eigenvalue weighted by molar-refractivity contribution is 7.90. The van der Waals surface area contributed by atoms with E-state index in [4.69, 9.17) is 0 Å². The summed E-state index contributed by atoms with van der Waals surface area (Å²) in [7, 11) is -2.80. The van der Waals surface area contributed by atoms with Crippen LogP contribution in [0.2, 0.25) is 0 Å². The van der Waals surface area contributed by atoms with Crippen molar-refractivity contribution >= 4 is 9.84 Å². The van der Waals surface area contributed by atoms with Crippen molar-refractivity contribution in [2.45, 2.75) is 19.3 Å². The van der Waals surface area contributed by atoms with Gasteiger partial charge in [0.15, 0.2) is 9.84 Å². The van der Waals surface area contributed by atoms with Gasteiger partial charge in [-0.2, -0.15) is 0 Å². The largest absolute Gasteiger partial charge is 0.290 e. The van der Waals surface area contributed by atoms with Gasteiger partial charge in [-0.25, -0.2) is 8.42 Å². The lowest BCUT2D eigenvalue weighted by molar-refractivity contribution is 0.261. The monoisotopic (exact) mass is 177 g/mol. The van der Waals surface area contributed by atoms with Gasteiger partial charge in [0.2, 0.25) is 0 Å². The number of hydrogen-bond donors (Lipinski definition) is 0. The summed E-state index contributed by atoms with van der Waals surface area (Å²) in [6.45, 7) is 1.90. The molecule has 0 amide bonds. The van der Waals surface area contributed by atoms with Gasteiger partial charge in [0.25, 0.3) is 0 Å². The minimum atomic E-state index is -2.80. The highest BCUT2D eigenvalue weighted by Crippen LogP contribution is 2.08. The summed E-state index contributed by atoms with van der Waals surface area (Å²) in [5, 5.41) is 0. The summed E-state index contributed by atoms with van der Waals surface area (Å²) in [5.74, 6) is 0.243. The maximum atomic E-state index is 10.9. The van der Waals surface area contributed by atoms with E-state index in [0.29, 0.717) is 0 Å². The zero-order valence-electron chi connectivity index (χ0n) is 6.91. The Labute approximate surface area is 68.3 Å². The minimum Gasteiger partial charge on any atom is -0.290 e. The molecule has 0 aliphatic carbocycles. The molecule has 0 saturated carbocycles. The van der Waals surface area contributed by atoms with Gasteiger partial charge < -0.3 is 0 Å². The standard InChI is InChI=1S/C7H15NO2S/c1-11(9,10)7-8-5-3-2-4-6-8/h2-7H2,1H3. The third kappa shape index (κ3) is 3.72. The predicted molar refractivity (Wildman–Crippen MR) is 45.1 cm³/mol. The van der Waals surface area contributed by atoms with Crippen LogP contribution in [0.1, 0.15) is 19.3 Å². The van der Waals surface area contributed by atoms with Gasteiger partial charge in [0, 0.05) is 6.26 Å². The number of piperidine rings is 1. The summed E-state index contributed by atoms with van der Waals surface area (Å²) in [6.07, 6.45) is 4.84. The van der Waals surface area contributed by atoms with Crippen molar-refractivity contribution < 1.29 is 8.42 Å². The maximum absolute atomic E-state index is 10.9. The van der Waals surface area contributed by atoms with Crippen molar-refractivity contribution in [2.24, 2.45) is 0 Å². The quantitative estimate of drug-likeness (QED) is 0.615. The van der Waals surface area contributed by atoms with Gasteiger partial charge >= 0.3 is 0 Å². The molecule has 0 aromatic carbocycles. The average Bonchev–Trinajstić information content (AvgIpc) is 1.85. The second kappa shape index (κ2) is 3.54. The number of nitrogens with zero attached hydrogens (tertiary/aromatic N) is 1. The van der Waals surface area contributed by atoms with E-state index in [9.17, 15) is 8.42 Å². The molecular weight excluding hydrogens is 162 g/mol. The number of rotatable bonds is 2. The van der Waals surface area contributed by atoms with Crippen molar-refractivity contribution in [2.75, 3.05) is 25.2 Å². The molecule has 1 rings (SSSR count). The third-order valence-electron chi connectivity index (χ3n) is 1.87. The molecule has 3 nitrogen and oxygen atoms in total. The molecule has 1 fully saturated rings. The molecule has 11 heavy (non-hydrogen) atoms. The molecule has 1 aliphatic rings. The Kier molecular flexibility index (Phi) is 2.90. The number of hydrogen-bond acceptors (Lipinski definition) is 3. The van der Waals surface area contributed by atoms with Crippen LogP contribution in [-0.2, 0) is 9.84 Å². The summed E-state index contributed by atoms with van der Waals surface area (Å²) >= 11 is 0. The van der Waals surface area contributed by atoms with Crippen LogP contribution in [0.3, 0.4) is 0 Å². The van der Waals surface area contributed by atoms with Crippen molar-refractivity contribution in [3.05, 3.63) is 0 Å². The van der Waals surface area contributed by atoms with Crippen molar-refractivity contribution in [3.63, 3.8) is 0 Å². The van der Waals surface area contributed by atoms with Crippen LogP contribution >= 0.6 is 0 Å². The van der Waals surface area contributed by atoms with E-state index in [1.54, 1.807) is 0 Å². The topological polar surface area (TPSA) is 37.4 Å². The molecule has 4 heteroatoms. The molecular formula is C7H15NO2S. The van der Waals surface area contributed by atoms with E-state index in [0.717, 1.165) is 25.9 Å². The lowest BCUT2D eigenvalue weighted by Gasteiger charge is -2.25. The Hall–Kier alpha value is -0.0900. The van der Waals surface area contributed by atoms with E-state index in [1.165, 1.54) is 12.7 Å². The van der Waals surface area contributed by atoms with Gasteiger partial charge in [-0.15, -0.1) is 0 Å². The zero-order chi connectivity index (χ0) is 8.32. The third-order valence-corrected chi connectivity index (χ3v) is 2.70. The summed E-state index contributed by atoms with van der Waals surface area (Å²) < 4.78 is 21.7. The molecule has 0 bridgehead atoms. The van der Waals surface area contributed by atoms with Gasteiger partial charge in [0.1, 0.15) is 5.88 Å². The number of sulfone groups is 1. The molecule has 1 aliphatic heterocycles. The SMILES string of the molecule is CS(=O)(=O)CN1CCCCC1. The lowest BCUT2D eigenvalue weighted by atomic mass is 10.1. The predicted octanol–water partition coefficient (Wildman–Crippen LogP) is 0.474. The summed E-state index contributed by atoms with van der Waals surface area (Å²) in [4.78, 5) is 2.01. The second-order valence-electron chi connectivity index (χ2n) is 3.23. The van der Waals surface area contributed by atoms with Crippen LogP contribution in [0, 0.1) is 0 Å². The fourth-order valence-electron chi connectivity index (χ4n) is 1.42. The molecule has 0 spiro atoms. The van der Waals surface area contributed by atoms with E-state index in [2.05, 4.69) is 0 Å². The van der Waals surface area contributed by atoms with Crippen molar-refractivity contribution in [1.82, 2.24) is 4.90 Å². The molecule has 66 valence electrons. The zero-order valence-corrected chi connectivity index (χ0v) is 7.73. The highest BCUT2D eigenvalue weighted by atomic mass is 32.2. The second-order valence-corrected chi connectivity index (χ2v) is 5.34. The molecule has 1 saturated heterocycles. The molecule has 0 atom stereocenters. The average molecular weight is 177 g/mol. The Balaban J connectivity index is 2.36. The van der Waals surface area contributed by atoms with Crippen LogP contribution in [-0.4, -0.2) is 38.5 Å². The minimum absolute atomic E-state index is 0.243. The molecule has 0 aromatic heterocycles. The van der Waals surface area contributed by atoms with E-state index in [-0.39, 0.29) is 5.88 Å². The highest BCUT2D eigenvalue weighted by Gasteiger charge is 2.14. The Morgan fingerprint density at radius 1 is 1.18 bits per heavy atom. The van der Waals surface area contributed by atoms with Crippen molar-refractivity contribution in [1.29, 1.82) is 0 Å². The summed E-state index contributed by atoms with van der Waals surface area (Å²) in [5.41, 5.74) is 0. The van der Waals surface area contributed by atoms with Crippen LogP contribution in [0.15, 0.2) is 0 Å². The first-order chi connectivity index (χ1) is 5.08. The Morgan fingerprint density at radius 2 is 1.73 bits per heavy atom. The molecule has 0 unspecified atom stereocenters. The van der Waals surface area contributed by atoms with Crippen LogP contribution in [0.25, 0.3) is 0 Å². The fourth-order valence-corrected chi connectivity index (χ4v) is 2.34. The van der Waals surface area contributed by atoms with E-state index < -0.39 is 9.84 Å². The van der Waals surface area contributed by atoms with Gasteiger partial charge in [-0.05, 0) is 25.9 Å². The van der Waals surface area contributed by atoms with Gasteiger partial charge in [-0.1, -0.05) is 6.42 Å². The fraction of sp³-hybridized carbons (Fsp3) is 1.00. The van der Waals surface area contributed by atoms with Gasteiger partial charge in [-0.3, -0.25) is 4.90 Å². The van der Waals surface area contributed by atoms with Crippen LogP contribution < -0.4 is 0 Å². The normalized spacial score (nSPS) is 21.9. The summed E-state index contributed by atoms with van der Waals surface area (Å²) in [6, 6.07) is 0. The van der Waals surface area contributed by atoms with Crippen LogP contribution in [0.4, 0.5) is 0 Å². The van der Waals surface area contributed by atoms with E-state index >= 15 is 0 Å². The van der Waals surface area contributed by atoms with Crippen molar-refractivity contribution in [3.8, 4) is 0 Å². The first kappa shape index (κ1) is 9.00.